The molecule has 0 bridgehead atoms. The molecule has 2 atom stereocenters. The number of carbonyl (C=O) groups is 2. The number of fused-ring (bicyclic) bond motifs is 1. The highest BCUT2D eigenvalue weighted by Crippen LogP contribution is 2.32. The van der Waals surface area contributed by atoms with Gasteiger partial charge >= 0.3 is 0 Å². The van der Waals surface area contributed by atoms with Crippen LogP contribution in [-0.2, 0) is 22.4 Å². The van der Waals surface area contributed by atoms with Crippen LogP contribution in [0, 0.1) is 11.7 Å². The lowest BCUT2D eigenvalue weighted by atomic mass is 9.93. The van der Waals surface area contributed by atoms with Crippen molar-refractivity contribution in [1.82, 2.24) is 4.98 Å². The van der Waals surface area contributed by atoms with Crippen molar-refractivity contribution in [3.05, 3.63) is 40.7 Å². The molecular formula is C19H20FN5O2S. The molecule has 0 saturated heterocycles. The van der Waals surface area contributed by atoms with E-state index in [1.165, 1.54) is 45.5 Å². The number of amides is 2. The number of thiazole rings is 1. The molecule has 2 unspecified atom stereocenters. The predicted molar refractivity (Wildman–Crippen MR) is 106 cm³/mol. The third-order valence-electron chi connectivity index (χ3n) is 5.00. The Labute approximate surface area is 165 Å². The van der Waals surface area contributed by atoms with Crippen molar-refractivity contribution >= 4 is 39.7 Å². The maximum atomic E-state index is 13.2. The van der Waals surface area contributed by atoms with Gasteiger partial charge in [-0.05, 0) is 49.4 Å². The number of hydrogen-bond donors (Lipinski definition) is 2. The second-order valence-corrected chi connectivity index (χ2v) is 8.26. The molecular weight excluding hydrogens is 381 g/mol. The van der Waals surface area contributed by atoms with Crippen molar-refractivity contribution in [3.63, 3.8) is 0 Å². The first-order chi connectivity index (χ1) is 13.4. The molecule has 2 heterocycles. The second-order valence-electron chi connectivity index (χ2n) is 7.18. The number of primary amides is 1. The van der Waals surface area contributed by atoms with Crippen LogP contribution in [0.2, 0.25) is 0 Å². The Morgan fingerprint density at radius 3 is 2.75 bits per heavy atom. The maximum Gasteiger partial charge on any atom is 0.273 e. The Hall–Kier alpha value is -2.81. The number of nitrogens with one attached hydrogen (secondary N) is 1. The van der Waals surface area contributed by atoms with E-state index in [2.05, 4.69) is 22.3 Å². The van der Waals surface area contributed by atoms with Gasteiger partial charge in [0.2, 0.25) is 5.91 Å². The minimum absolute atomic E-state index is 0.0840. The van der Waals surface area contributed by atoms with Crippen LogP contribution in [0.4, 0.5) is 15.2 Å². The fraction of sp³-hybridized carbons (Fsp3) is 0.368. The van der Waals surface area contributed by atoms with Gasteiger partial charge in [0.15, 0.2) is 5.13 Å². The quantitative estimate of drug-likeness (QED) is 0.822. The third kappa shape index (κ3) is 3.62. The zero-order chi connectivity index (χ0) is 19.8. The molecule has 2 amide bonds. The van der Waals surface area contributed by atoms with Crippen molar-refractivity contribution in [2.24, 2.45) is 16.8 Å². The summed E-state index contributed by atoms with van der Waals surface area (Å²) in [5, 5.41) is 8.98. The van der Waals surface area contributed by atoms with Gasteiger partial charge in [0, 0.05) is 11.3 Å². The van der Waals surface area contributed by atoms with Gasteiger partial charge in [0.1, 0.15) is 17.6 Å². The SMILES string of the molecule is CC1CCc2nc(NC(=O)C3=NN(c4ccc(F)cc4)C(C(N)=O)C3)sc2C1. The third-order valence-corrected chi connectivity index (χ3v) is 6.03. The summed E-state index contributed by atoms with van der Waals surface area (Å²) >= 11 is 1.49. The van der Waals surface area contributed by atoms with Crippen LogP contribution in [0.1, 0.15) is 30.3 Å². The summed E-state index contributed by atoms with van der Waals surface area (Å²) in [5.41, 5.74) is 7.21. The molecule has 9 heteroatoms. The summed E-state index contributed by atoms with van der Waals surface area (Å²) in [7, 11) is 0. The van der Waals surface area contributed by atoms with Crippen molar-refractivity contribution < 1.29 is 14.0 Å². The average Bonchev–Trinajstić information content (AvgIpc) is 3.26. The second kappa shape index (κ2) is 7.31. The number of aryl methyl sites for hydroxylation is 1. The van der Waals surface area contributed by atoms with E-state index in [9.17, 15) is 14.0 Å². The number of nitrogens with two attached hydrogens (primary N) is 1. The highest BCUT2D eigenvalue weighted by Gasteiger charge is 2.35. The number of aromatic nitrogens is 1. The van der Waals surface area contributed by atoms with Crippen LogP contribution in [0.15, 0.2) is 29.4 Å². The summed E-state index contributed by atoms with van der Waals surface area (Å²) in [6.07, 6.45) is 3.09. The smallest absolute Gasteiger partial charge is 0.273 e. The topological polar surface area (TPSA) is 101 Å². The summed E-state index contributed by atoms with van der Waals surface area (Å²) in [5.74, 6) is -0.788. The van der Waals surface area contributed by atoms with Crippen LogP contribution in [0.25, 0.3) is 0 Å². The van der Waals surface area contributed by atoms with E-state index in [0.29, 0.717) is 16.7 Å². The lowest BCUT2D eigenvalue weighted by Gasteiger charge is -2.20. The van der Waals surface area contributed by atoms with Gasteiger partial charge in [-0.3, -0.25) is 19.9 Å². The fourth-order valence-corrected chi connectivity index (χ4v) is 4.63. The maximum absolute atomic E-state index is 13.2. The molecule has 1 aromatic heterocycles. The van der Waals surface area contributed by atoms with Crippen LogP contribution in [-0.4, -0.2) is 28.6 Å². The Kier molecular flexibility index (Phi) is 4.84. The number of hydrogen-bond acceptors (Lipinski definition) is 6. The molecule has 2 aliphatic rings. The van der Waals surface area contributed by atoms with Gasteiger partial charge in [-0.15, -0.1) is 11.3 Å². The number of anilines is 2. The first-order valence-corrected chi connectivity index (χ1v) is 9.94. The van der Waals surface area contributed by atoms with E-state index < -0.39 is 23.7 Å². The molecule has 0 saturated carbocycles. The summed E-state index contributed by atoms with van der Waals surface area (Å²) in [6.45, 7) is 2.21. The van der Waals surface area contributed by atoms with Gasteiger partial charge in [0.05, 0.1) is 11.4 Å². The first kappa shape index (κ1) is 18.5. The lowest BCUT2D eigenvalue weighted by molar-refractivity contribution is -0.119. The number of rotatable bonds is 4. The van der Waals surface area contributed by atoms with Gasteiger partial charge in [-0.1, -0.05) is 6.92 Å². The molecule has 28 heavy (non-hydrogen) atoms. The zero-order valence-electron chi connectivity index (χ0n) is 15.3. The summed E-state index contributed by atoms with van der Waals surface area (Å²) < 4.78 is 13.2. The molecule has 1 aromatic carbocycles. The summed E-state index contributed by atoms with van der Waals surface area (Å²) in [6, 6.07) is 4.72. The van der Waals surface area contributed by atoms with Crippen LogP contribution >= 0.6 is 11.3 Å². The minimum Gasteiger partial charge on any atom is -0.368 e. The Bertz CT molecular complexity index is 956. The largest absolute Gasteiger partial charge is 0.368 e. The molecule has 146 valence electrons. The fourth-order valence-electron chi connectivity index (χ4n) is 3.46. The molecule has 1 aliphatic carbocycles. The molecule has 0 radical (unpaired) electrons. The predicted octanol–water partition coefficient (Wildman–Crippen LogP) is 2.47. The number of nitrogens with zero attached hydrogens (tertiary/aromatic N) is 3. The Morgan fingerprint density at radius 1 is 1.29 bits per heavy atom. The first-order valence-electron chi connectivity index (χ1n) is 9.12. The molecule has 2 aromatic rings. The molecule has 0 spiro atoms. The minimum atomic E-state index is -0.795. The highest BCUT2D eigenvalue weighted by atomic mass is 32.1. The number of halogens is 1. The molecule has 0 fully saturated rings. The highest BCUT2D eigenvalue weighted by molar-refractivity contribution is 7.16. The van der Waals surface area contributed by atoms with Gasteiger partial charge in [-0.25, -0.2) is 9.37 Å². The molecule has 4 rings (SSSR count). The van der Waals surface area contributed by atoms with Crippen LogP contribution in [0.5, 0.6) is 0 Å². The number of carbonyl (C=O) groups excluding carboxylic acids is 2. The molecule has 1 aliphatic heterocycles. The van der Waals surface area contributed by atoms with Gasteiger partial charge in [0.25, 0.3) is 5.91 Å². The monoisotopic (exact) mass is 401 g/mol. The van der Waals surface area contributed by atoms with E-state index >= 15 is 0 Å². The lowest BCUT2D eigenvalue weighted by Crippen LogP contribution is -2.39. The van der Waals surface area contributed by atoms with E-state index in [1.54, 1.807) is 0 Å². The average molecular weight is 401 g/mol. The zero-order valence-corrected chi connectivity index (χ0v) is 16.1. The van der Waals surface area contributed by atoms with Crippen LogP contribution < -0.4 is 16.1 Å². The van der Waals surface area contributed by atoms with Gasteiger partial charge < -0.3 is 5.73 Å². The standard InChI is InChI=1S/C19H20FN5O2S/c1-10-2-7-13-16(8-10)28-19(22-13)23-18(27)14-9-15(17(21)26)25(24-14)12-5-3-11(20)4-6-12/h3-6,10,15H,2,7-9H2,1H3,(H2,21,26)(H,22,23,27). The summed E-state index contributed by atoms with van der Waals surface area (Å²) in [4.78, 5) is 30.2. The molecule has 3 N–H and O–H groups in total. The van der Waals surface area contributed by atoms with E-state index in [4.69, 9.17) is 5.73 Å². The van der Waals surface area contributed by atoms with E-state index in [0.717, 1.165) is 25.0 Å². The van der Waals surface area contributed by atoms with Crippen LogP contribution in [0.3, 0.4) is 0 Å². The van der Waals surface area contributed by atoms with Crippen molar-refractivity contribution in [2.75, 3.05) is 10.3 Å². The Morgan fingerprint density at radius 2 is 2.04 bits per heavy atom. The van der Waals surface area contributed by atoms with E-state index in [-0.39, 0.29) is 12.1 Å². The molecule has 7 nitrogen and oxygen atoms in total. The van der Waals surface area contributed by atoms with Crippen molar-refractivity contribution in [2.45, 2.75) is 38.6 Å². The van der Waals surface area contributed by atoms with Crippen molar-refractivity contribution in [1.29, 1.82) is 0 Å². The number of hydrazone groups is 1. The van der Waals surface area contributed by atoms with Gasteiger partial charge in [-0.2, -0.15) is 5.10 Å². The van der Waals surface area contributed by atoms with E-state index in [1.807, 2.05) is 0 Å². The Balaban J connectivity index is 1.53. The number of benzene rings is 1. The van der Waals surface area contributed by atoms with Crippen molar-refractivity contribution in [3.8, 4) is 0 Å². The normalized spacial score (nSPS) is 21.2.